The second-order valence-electron chi connectivity index (χ2n) is 4.83. The summed E-state index contributed by atoms with van der Waals surface area (Å²) in [4.78, 5) is 7.14. The van der Waals surface area contributed by atoms with E-state index >= 15 is 0 Å². The minimum Gasteiger partial charge on any atom is -0.383 e. The first-order chi connectivity index (χ1) is 8.83. The zero-order valence-electron chi connectivity index (χ0n) is 11.4. The zero-order valence-corrected chi connectivity index (χ0v) is 11.4. The predicted octanol–water partition coefficient (Wildman–Crippen LogP) is 1.95. The van der Waals surface area contributed by atoms with Gasteiger partial charge in [-0.1, -0.05) is 6.07 Å². The summed E-state index contributed by atoms with van der Waals surface area (Å²) in [6.45, 7) is 4.13. The van der Waals surface area contributed by atoms with E-state index in [0.29, 0.717) is 5.92 Å². The standard InChI is InChI=1S/C14H23N3O/c1-15-14-7-3-6-13(16-14)12-5-4-8-17(11-12)9-10-18-2/h3,6-7,12H,4-5,8-11H2,1-2H3,(H,15,16). The second kappa shape index (κ2) is 6.71. The molecular weight excluding hydrogens is 226 g/mol. The molecule has 2 heterocycles. The lowest BCUT2D eigenvalue weighted by Gasteiger charge is -2.32. The van der Waals surface area contributed by atoms with Crippen molar-refractivity contribution in [2.24, 2.45) is 0 Å². The summed E-state index contributed by atoms with van der Waals surface area (Å²) >= 11 is 0. The van der Waals surface area contributed by atoms with Gasteiger partial charge >= 0.3 is 0 Å². The van der Waals surface area contributed by atoms with E-state index in [4.69, 9.17) is 4.74 Å². The van der Waals surface area contributed by atoms with Crippen LogP contribution in [0.5, 0.6) is 0 Å². The number of pyridine rings is 1. The molecule has 4 nitrogen and oxygen atoms in total. The molecule has 1 saturated heterocycles. The number of ether oxygens (including phenoxy) is 1. The van der Waals surface area contributed by atoms with Crippen LogP contribution >= 0.6 is 0 Å². The molecule has 1 aliphatic heterocycles. The summed E-state index contributed by atoms with van der Waals surface area (Å²) in [6.07, 6.45) is 2.49. The zero-order chi connectivity index (χ0) is 12.8. The average Bonchev–Trinajstić information content (AvgIpc) is 2.45. The van der Waals surface area contributed by atoms with Crippen molar-refractivity contribution in [2.75, 3.05) is 45.7 Å². The van der Waals surface area contributed by atoms with E-state index in [1.165, 1.54) is 25.1 Å². The summed E-state index contributed by atoms with van der Waals surface area (Å²) in [5.41, 5.74) is 1.21. The molecule has 0 spiro atoms. The number of rotatable bonds is 5. The van der Waals surface area contributed by atoms with Crippen LogP contribution in [0.1, 0.15) is 24.5 Å². The maximum absolute atomic E-state index is 5.15. The van der Waals surface area contributed by atoms with Gasteiger partial charge in [0.05, 0.1) is 6.61 Å². The first-order valence-corrected chi connectivity index (χ1v) is 6.69. The first-order valence-electron chi connectivity index (χ1n) is 6.69. The SMILES string of the molecule is CNc1cccc(C2CCCN(CCOC)C2)n1. The highest BCUT2D eigenvalue weighted by Crippen LogP contribution is 2.26. The van der Waals surface area contributed by atoms with Gasteiger partial charge in [-0.05, 0) is 31.5 Å². The summed E-state index contributed by atoms with van der Waals surface area (Å²) in [6, 6.07) is 6.24. The maximum atomic E-state index is 5.15. The third kappa shape index (κ3) is 3.43. The average molecular weight is 249 g/mol. The van der Waals surface area contributed by atoms with E-state index in [1.54, 1.807) is 7.11 Å². The molecule has 0 radical (unpaired) electrons. The van der Waals surface area contributed by atoms with Crippen molar-refractivity contribution in [3.63, 3.8) is 0 Å². The van der Waals surface area contributed by atoms with E-state index in [9.17, 15) is 0 Å². The molecule has 0 aromatic carbocycles. The molecule has 4 heteroatoms. The van der Waals surface area contributed by atoms with Crippen molar-refractivity contribution in [1.29, 1.82) is 0 Å². The van der Waals surface area contributed by atoms with Gasteiger partial charge in [0.25, 0.3) is 0 Å². The van der Waals surface area contributed by atoms with Crippen LogP contribution in [0.2, 0.25) is 0 Å². The lowest BCUT2D eigenvalue weighted by atomic mass is 9.94. The number of methoxy groups -OCH3 is 1. The highest BCUT2D eigenvalue weighted by atomic mass is 16.5. The summed E-state index contributed by atoms with van der Waals surface area (Å²) in [5.74, 6) is 1.52. The van der Waals surface area contributed by atoms with E-state index in [1.807, 2.05) is 13.1 Å². The predicted molar refractivity (Wildman–Crippen MR) is 74.1 cm³/mol. The maximum Gasteiger partial charge on any atom is 0.125 e. The molecule has 1 unspecified atom stereocenters. The van der Waals surface area contributed by atoms with Crippen LogP contribution in [0, 0.1) is 0 Å². The summed E-state index contributed by atoms with van der Waals surface area (Å²) < 4.78 is 5.15. The fraction of sp³-hybridized carbons (Fsp3) is 0.643. The van der Waals surface area contributed by atoms with Gasteiger partial charge in [-0.3, -0.25) is 0 Å². The Kier molecular flexibility index (Phi) is 4.96. The smallest absolute Gasteiger partial charge is 0.125 e. The van der Waals surface area contributed by atoms with Crippen molar-refractivity contribution in [3.8, 4) is 0 Å². The first kappa shape index (κ1) is 13.3. The van der Waals surface area contributed by atoms with Gasteiger partial charge in [0.1, 0.15) is 5.82 Å². The van der Waals surface area contributed by atoms with Gasteiger partial charge in [0, 0.05) is 38.9 Å². The van der Waals surface area contributed by atoms with Crippen LogP contribution in [0.25, 0.3) is 0 Å². The molecule has 0 bridgehead atoms. The number of nitrogens with zero attached hydrogens (tertiary/aromatic N) is 2. The van der Waals surface area contributed by atoms with Crippen molar-refractivity contribution < 1.29 is 4.74 Å². The molecule has 0 saturated carbocycles. The topological polar surface area (TPSA) is 37.4 Å². The third-order valence-electron chi connectivity index (χ3n) is 3.56. The van der Waals surface area contributed by atoms with Crippen molar-refractivity contribution in [2.45, 2.75) is 18.8 Å². The van der Waals surface area contributed by atoms with E-state index in [2.05, 4.69) is 27.3 Å². The number of hydrogen-bond donors (Lipinski definition) is 1. The molecule has 0 amide bonds. The van der Waals surface area contributed by atoms with E-state index < -0.39 is 0 Å². The van der Waals surface area contributed by atoms with Gasteiger partial charge in [-0.2, -0.15) is 0 Å². The summed E-state index contributed by atoms with van der Waals surface area (Å²) in [5, 5.41) is 3.11. The quantitative estimate of drug-likeness (QED) is 0.865. The monoisotopic (exact) mass is 249 g/mol. The Balaban J connectivity index is 1.98. The number of nitrogens with one attached hydrogen (secondary N) is 1. The van der Waals surface area contributed by atoms with E-state index in [0.717, 1.165) is 25.5 Å². The number of anilines is 1. The Morgan fingerprint density at radius 1 is 1.50 bits per heavy atom. The molecule has 1 N–H and O–H groups in total. The van der Waals surface area contributed by atoms with Crippen LogP contribution in [-0.2, 0) is 4.74 Å². The molecule has 1 fully saturated rings. The minimum absolute atomic E-state index is 0.559. The Bertz CT molecular complexity index is 370. The molecule has 100 valence electrons. The lowest BCUT2D eigenvalue weighted by molar-refractivity contribution is 0.127. The highest BCUT2D eigenvalue weighted by molar-refractivity contribution is 5.35. The number of aromatic nitrogens is 1. The van der Waals surface area contributed by atoms with Crippen molar-refractivity contribution in [1.82, 2.24) is 9.88 Å². The van der Waals surface area contributed by atoms with Gasteiger partial charge in [0.2, 0.25) is 0 Å². The minimum atomic E-state index is 0.559. The Morgan fingerprint density at radius 2 is 2.39 bits per heavy atom. The van der Waals surface area contributed by atoms with Crippen LogP contribution < -0.4 is 5.32 Å². The van der Waals surface area contributed by atoms with Crippen LogP contribution in [-0.4, -0.2) is 50.3 Å². The Labute approximate surface area is 109 Å². The molecule has 1 aliphatic rings. The molecule has 2 rings (SSSR count). The largest absolute Gasteiger partial charge is 0.383 e. The van der Waals surface area contributed by atoms with Crippen molar-refractivity contribution in [3.05, 3.63) is 23.9 Å². The third-order valence-corrected chi connectivity index (χ3v) is 3.56. The van der Waals surface area contributed by atoms with E-state index in [-0.39, 0.29) is 0 Å². The van der Waals surface area contributed by atoms with Gasteiger partial charge < -0.3 is 15.0 Å². The molecule has 1 aromatic heterocycles. The van der Waals surface area contributed by atoms with Gasteiger partial charge in [-0.25, -0.2) is 4.98 Å². The van der Waals surface area contributed by atoms with Crippen LogP contribution in [0.4, 0.5) is 5.82 Å². The molecule has 0 aliphatic carbocycles. The van der Waals surface area contributed by atoms with Gasteiger partial charge in [-0.15, -0.1) is 0 Å². The highest BCUT2D eigenvalue weighted by Gasteiger charge is 2.22. The van der Waals surface area contributed by atoms with Crippen LogP contribution in [0.3, 0.4) is 0 Å². The Morgan fingerprint density at radius 3 is 3.17 bits per heavy atom. The second-order valence-corrected chi connectivity index (χ2v) is 4.83. The fourth-order valence-electron chi connectivity index (χ4n) is 2.54. The number of likely N-dealkylation sites (tertiary alicyclic amines) is 1. The Hall–Kier alpha value is -1.13. The molecular formula is C14H23N3O. The lowest BCUT2D eigenvalue weighted by Crippen LogP contribution is -2.36. The number of hydrogen-bond acceptors (Lipinski definition) is 4. The number of piperidine rings is 1. The molecule has 18 heavy (non-hydrogen) atoms. The normalized spacial score (nSPS) is 20.9. The van der Waals surface area contributed by atoms with Crippen LogP contribution in [0.15, 0.2) is 18.2 Å². The van der Waals surface area contributed by atoms with Gasteiger partial charge in [0.15, 0.2) is 0 Å². The molecule has 1 aromatic rings. The van der Waals surface area contributed by atoms with Crippen molar-refractivity contribution >= 4 is 5.82 Å². The fourth-order valence-corrected chi connectivity index (χ4v) is 2.54. The molecule has 1 atom stereocenters. The summed E-state index contributed by atoms with van der Waals surface area (Å²) in [7, 11) is 3.68.